The first kappa shape index (κ1) is 17.7. The van der Waals surface area contributed by atoms with E-state index < -0.39 is 10.0 Å². The van der Waals surface area contributed by atoms with Crippen LogP contribution < -0.4 is 15.8 Å². The Balaban J connectivity index is 2.66. The third kappa shape index (κ3) is 5.91. The predicted molar refractivity (Wildman–Crippen MR) is 83.6 cm³/mol. The van der Waals surface area contributed by atoms with Gasteiger partial charge >= 0.3 is 0 Å². The zero-order valence-corrected chi connectivity index (χ0v) is 13.8. The third-order valence-electron chi connectivity index (χ3n) is 2.40. The molecule has 0 aliphatic heterocycles. The van der Waals surface area contributed by atoms with Crippen molar-refractivity contribution in [3.8, 4) is 0 Å². The minimum atomic E-state index is -3.79. The maximum atomic E-state index is 12.1. The molecular formula is C13H20ClN3O3S. The first-order valence-electron chi connectivity index (χ1n) is 6.37. The summed E-state index contributed by atoms with van der Waals surface area (Å²) in [5, 5.41) is 2.83. The average Bonchev–Trinajstić information content (AvgIpc) is 2.29. The predicted octanol–water partition coefficient (Wildman–Crippen LogP) is 1.51. The van der Waals surface area contributed by atoms with Crippen molar-refractivity contribution in [2.24, 2.45) is 0 Å². The molecule has 21 heavy (non-hydrogen) atoms. The number of hydrogen-bond donors (Lipinski definition) is 3. The second-order valence-corrected chi connectivity index (χ2v) is 7.78. The van der Waals surface area contributed by atoms with Crippen molar-refractivity contribution in [2.75, 3.05) is 12.3 Å². The maximum absolute atomic E-state index is 12.1. The molecule has 0 radical (unpaired) electrons. The minimum absolute atomic E-state index is 0.0185. The highest BCUT2D eigenvalue weighted by Crippen LogP contribution is 2.23. The fraction of sp³-hybridized carbons (Fsp3) is 0.462. The van der Waals surface area contributed by atoms with Crippen LogP contribution in [-0.2, 0) is 14.8 Å². The van der Waals surface area contributed by atoms with Crippen LogP contribution in [0.3, 0.4) is 0 Å². The van der Waals surface area contributed by atoms with E-state index in [1.807, 2.05) is 20.8 Å². The van der Waals surface area contributed by atoms with Crippen LogP contribution in [0.5, 0.6) is 0 Å². The molecule has 0 aliphatic rings. The topological polar surface area (TPSA) is 101 Å². The number of carbonyl (C=O) groups excluding carboxylic acids is 1. The quantitative estimate of drug-likeness (QED) is 0.711. The van der Waals surface area contributed by atoms with Gasteiger partial charge in [0, 0.05) is 24.2 Å². The number of anilines is 1. The maximum Gasteiger partial charge on any atom is 0.242 e. The lowest BCUT2D eigenvalue weighted by Gasteiger charge is -2.20. The Kier molecular flexibility index (Phi) is 5.61. The molecular weight excluding hydrogens is 314 g/mol. The van der Waals surface area contributed by atoms with Crippen LogP contribution in [0.1, 0.15) is 27.2 Å². The van der Waals surface area contributed by atoms with Crippen molar-refractivity contribution >= 4 is 33.2 Å². The second kappa shape index (κ2) is 6.64. The molecule has 0 aromatic heterocycles. The van der Waals surface area contributed by atoms with Crippen molar-refractivity contribution in [1.82, 2.24) is 10.0 Å². The summed E-state index contributed by atoms with van der Waals surface area (Å²) >= 11 is 5.86. The molecule has 0 heterocycles. The van der Waals surface area contributed by atoms with E-state index in [2.05, 4.69) is 10.0 Å². The molecule has 4 N–H and O–H groups in total. The van der Waals surface area contributed by atoms with E-state index in [4.69, 9.17) is 17.3 Å². The van der Waals surface area contributed by atoms with Crippen LogP contribution in [0.2, 0.25) is 5.02 Å². The van der Waals surface area contributed by atoms with Crippen molar-refractivity contribution in [3.63, 3.8) is 0 Å². The molecule has 0 aliphatic carbocycles. The summed E-state index contributed by atoms with van der Waals surface area (Å²) in [5.41, 5.74) is 5.50. The molecule has 0 saturated heterocycles. The van der Waals surface area contributed by atoms with E-state index in [0.29, 0.717) is 5.69 Å². The van der Waals surface area contributed by atoms with Crippen molar-refractivity contribution in [1.29, 1.82) is 0 Å². The minimum Gasteiger partial charge on any atom is -0.399 e. The molecule has 8 heteroatoms. The van der Waals surface area contributed by atoms with Gasteiger partial charge in [0.15, 0.2) is 0 Å². The summed E-state index contributed by atoms with van der Waals surface area (Å²) in [6.45, 7) is 5.53. The smallest absolute Gasteiger partial charge is 0.242 e. The summed E-state index contributed by atoms with van der Waals surface area (Å²) in [5.74, 6) is -0.233. The zero-order valence-electron chi connectivity index (χ0n) is 12.2. The first-order chi connectivity index (χ1) is 9.51. The van der Waals surface area contributed by atoms with Crippen LogP contribution in [0.15, 0.2) is 23.1 Å². The summed E-state index contributed by atoms with van der Waals surface area (Å²) in [7, 11) is -3.79. The average molecular weight is 334 g/mol. The van der Waals surface area contributed by atoms with E-state index in [-0.39, 0.29) is 34.3 Å². The molecule has 0 spiro atoms. The SMILES string of the molecule is CC(C)(C)NC(=O)CCNS(=O)(=O)c1cc(N)ccc1Cl. The van der Waals surface area contributed by atoms with Gasteiger partial charge in [-0.3, -0.25) is 4.79 Å². The zero-order chi connectivity index (χ0) is 16.3. The lowest BCUT2D eigenvalue weighted by atomic mass is 10.1. The number of nitrogen functional groups attached to an aromatic ring is 1. The van der Waals surface area contributed by atoms with Gasteiger partial charge in [-0.25, -0.2) is 13.1 Å². The summed E-state index contributed by atoms with van der Waals surface area (Å²) < 4.78 is 26.5. The number of nitrogens with one attached hydrogen (secondary N) is 2. The molecule has 1 rings (SSSR count). The van der Waals surface area contributed by atoms with E-state index in [1.165, 1.54) is 18.2 Å². The second-order valence-electron chi connectivity index (χ2n) is 5.64. The van der Waals surface area contributed by atoms with Gasteiger partial charge in [-0.15, -0.1) is 0 Å². The van der Waals surface area contributed by atoms with Crippen LogP contribution >= 0.6 is 11.6 Å². The number of carbonyl (C=O) groups is 1. The standard InChI is InChI=1S/C13H20ClN3O3S/c1-13(2,3)17-12(18)6-7-16-21(19,20)11-8-9(15)4-5-10(11)14/h4-5,8,16H,6-7,15H2,1-3H3,(H,17,18). The van der Waals surface area contributed by atoms with Crippen LogP contribution in [0.25, 0.3) is 0 Å². The molecule has 1 amide bonds. The Morgan fingerprint density at radius 3 is 2.52 bits per heavy atom. The Morgan fingerprint density at radius 1 is 1.33 bits per heavy atom. The number of sulfonamides is 1. The molecule has 1 aromatic carbocycles. The monoisotopic (exact) mass is 333 g/mol. The number of hydrogen-bond acceptors (Lipinski definition) is 4. The number of amides is 1. The van der Waals surface area contributed by atoms with Gasteiger partial charge in [0.2, 0.25) is 15.9 Å². The largest absolute Gasteiger partial charge is 0.399 e. The summed E-state index contributed by atoms with van der Waals surface area (Å²) in [4.78, 5) is 11.5. The Hall–Kier alpha value is -1.31. The molecule has 118 valence electrons. The summed E-state index contributed by atoms with van der Waals surface area (Å²) in [6, 6.07) is 4.20. The van der Waals surface area contributed by atoms with Crippen LogP contribution in [0.4, 0.5) is 5.69 Å². The van der Waals surface area contributed by atoms with Crippen LogP contribution in [0, 0.1) is 0 Å². The van der Waals surface area contributed by atoms with Gasteiger partial charge in [-0.05, 0) is 39.0 Å². The van der Waals surface area contributed by atoms with Crippen molar-refractivity contribution < 1.29 is 13.2 Å². The molecule has 6 nitrogen and oxygen atoms in total. The molecule has 0 bridgehead atoms. The van der Waals surface area contributed by atoms with Gasteiger partial charge in [0.05, 0.1) is 5.02 Å². The Morgan fingerprint density at radius 2 is 1.95 bits per heavy atom. The van der Waals surface area contributed by atoms with Gasteiger partial charge in [-0.1, -0.05) is 11.6 Å². The van der Waals surface area contributed by atoms with E-state index in [0.717, 1.165) is 0 Å². The lowest BCUT2D eigenvalue weighted by Crippen LogP contribution is -2.41. The molecule has 0 unspecified atom stereocenters. The highest BCUT2D eigenvalue weighted by Gasteiger charge is 2.19. The van der Waals surface area contributed by atoms with Crippen molar-refractivity contribution in [2.45, 2.75) is 37.6 Å². The highest BCUT2D eigenvalue weighted by atomic mass is 35.5. The normalized spacial score (nSPS) is 12.2. The molecule has 0 saturated carbocycles. The number of halogens is 1. The third-order valence-corrected chi connectivity index (χ3v) is 4.35. The van der Waals surface area contributed by atoms with Crippen LogP contribution in [-0.4, -0.2) is 26.4 Å². The fourth-order valence-corrected chi connectivity index (χ4v) is 3.15. The first-order valence-corrected chi connectivity index (χ1v) is 8.23. The summed E-state index contributed by atoms with van der Waals surface area (Å²) in [6.07, 6.45) is 0.0381. The fourth-order valence-electron chi connectivity index (χ4n) is 1.58. The van der Waals surface area contributed by atoms with Gasteiger partial charge < -0.3 is 11.1 Å². The number of nitrogens with two attached hydrogens (primary N) is 1. The van der Waals surface area contributed by atoms with E-state index in [9.17, 15) is 13.2 Å². The van der Waals surface area contributed by atoms with Gasteiger partial charge in [0.25, 0.3) is 0 Å². The number of benzene rings is 1. The van der Waals surface area contributed by atoms with Crippen molar-refractivity contribution in [3.05, 3.63) is 23.2 Å². The van der Waals surface area contributed by atoms with E-state index in [1.54, 1.807) is 0 Å². The highest BCUT2D eigenvalue weighted by molar-refractivity contribution is 7.89. The van der Waals surface area contributed by atoms with E-state index >= 15 is 0 Å². The Bertz CT molecular complexity index is 624. The Labute approximate surface area is 130 Å². The lowest BCUT2D eigenvalue weighted by molar-refractivity contribution is -0.122. The van der Waals surface area contributed by atoms with Gasteiger partial charge in [0.1, 0.15) is 4.90 Å². The van der Waals surface area contributed by atoms with Gasteiger partial charge in [-0.2, -0.15) is 0 Å². The number of rotatable bonds is 5. The molecule has 0 fully saturated rings. The molecule has 0 atom stereocenters. The molecule has 1 aromatic rings.